The normalized spacial score (nSPS) is 21.7. The molecule has 3 aromatic rings. The van der Waals surface area contributed by atoms with E-state index < -0.39 is 34.7 Å². The van der Waals surface area contributed by atoms with Gasteiger partial charge in [-0.3, -0.25) is 29.5 Å². The molecule has 1 saturated heterocycles. The fourth-order valence-electron chi connectivity index (χ4n) is 5.03. The number of fused-ring (bicyclic) bond motifs is 1. The third-order valence-corrected chi connectivity index (χ3v) is 7.53. The standard InChI is InChI=1S/C27H20BrN7O5/c28-18-8-6-16(7-9-18)21-14-22(17-4-2-1-3-5-17)34(30-21)23(36)15-32-25-24(29-31-32)26(37)33(27(25)38)19-10-12-20(13-11-19)35(39)40/h1-13,22,24-25H,14-15H2/t22-,24-,25+/m0/s1. The molecule has 3 heterocycles. The van der Waals surface area contributed by atoms with Crippen LogP contribution in [0.3, 0.4) is 0 Å². The first-order chi connectivity index (χ1) is 19.3. The number of hydrazone groups is 1. The van der Waals surface area contributed by atoms with Gasteiger partial charge in [-0.25, -0.2) is 9.91 Å². The summed E-state index contributed by atoms with van der Waals surface area (Å²) in [6.45, 7) is -0.321. The fraction of sp³-hybridized carbons (Fsp3) is 0.185. The van der Waals surface area contributed by atoms with Crippen LogP contribution in [0.2, 0.25) is 0 Å². The zero-order valence-electron chi connectivity index (χ0n) is 20.7. The van der Waals surface area contributed by atoms with E-state index in [1.165, 1.54) is 34.3 Å². The molecule has 0 aliphatic carbocycles. The van der Waals surface area contributed by atoms with Crippen molar-refractivity contribution in [3.63, 3.8) is 0 Å². The Morgan fingerprint density at radius 2 is 1.68 bits per heavy atom. The van der Waals surface area contributed by atoms with E-state index in [4.69, 9.17) is 0 Å². The number of anilines is 1. The van der Waals surface area contributed by atoms with Crippen LogP contribution in [0.5, 0.6) is 0 Å². The number of amides is 3. The van der Waals surface area contributed by atoms with Crippen molar-refractivity contribution in [3.05, 3.63) is 105 Å². The molecule has 0 aromatic heterocycles. The summed E-state index contributed by atoms with van der Waals surface area (Å²) in [5, 5.41) is 26.2. The van der Waals surface area contributed by atoms with E-state index in [1.807, 2.05) is 54.6 Å². The molecule has 3 aliphatic rings. The maximum atomic E-state index is 13.6. The lowest BCUT2D eigenvalue weighted by Gasteiger charge is -2.25. The summed E-state index contributed by atoms with van der Waals surface area (Å²) in [7, 11) is 0. The quantitative estimate of drug-likeness (QED) is 0.237. The van der Waals surface area contributed by atoms with Gasteiger partial charge in [0.1, 0.15) is 6.54 Å². The highest BCUT2D eigenvalue weighted by Gasteiger charge is 2.55. The van der Waals surface area contributed by atoms with Crippen LogP contribution < -0.4 is 4.90 Å². The smallest absolute Gasteiger partial charge is 0.269 e. The summed E-state index contributed by atoms with van der Waals surface area (Å²) in [6, 6.07) is 19.7. The summed E-state index contributed by atoms with van der Waals surface area (Å²) >= 11 is 3.43. The molecule has 200 valence electrons. The first-order valence-corrected chi connectivity index (χ1v) is 13.1. The molecule has 3 aliphatic heterocycles. The number of carbonyl (C=O) groups excluding carboxylic acids is 3. The molecule has 3 aromatic carbocycles. The van der Waals surface area contributed by atoms with Gasteiger partial charge in [0.2, 0.25) is 0 Å². The lowest BCUT2D eigenvalue weighted by Crippen LogP contribution is -2.44. The molecule has 6 rings (SSSR count). The number of hydrogen-bond donors (Lipinski definition) is 0. The van der Waals surface area contributed by atoms with Gasteiger partial charge in [0.05, 0.1) is 22.4 Å². The highest BCUT2D eigenvalue weighted by Crippen LogP contribution is 2.35. The summed E-state index contributed by atoms with van der Waals surface area (Å²) in [4.78, 5) is 51.4. The average molecular weight is 602 g/mol. The van der Waals surface area contributed by atoms with Crippen molar-refractivity contribution in [2.75, 3.05) is 11.4 Å². The first-order valence-electron chi connectivity index (χ1n) is 12.3. The van der Waals surface area contributed by atoms with Crippen LogP contribution in [0.15, 0.2) is 98.8 Å². The Labute approximate surface area is 235 Å². The second kappa shape index (κ2) is 10.1. The van der Waals surface area contributed by atoms with Gasteiger partial charge < -0.3 is 0 Å². The number of rotatable bonds is 6. The van der Waals surface area contributed by atoms with Gasteiger partial charge in [-0.2, -0.15) is 10.2 Å². The van der Waals surface area contributed by atoms with Crippen LogP contribution in [0.4, 0.5) is 11.4 Å². The lowest BCUT2D eigenvalue weighted by molar-refractivity contribution is -0.384. The van der Waals surface area contributed by atoms with Crippen molar-refractivity contribution < 1.29 is 19.3 Å². The van der Waals surface area contributed by atoms with Crippen molar-refractivity contribution in [1.82, 2.24) is 10.0 Å². The topological polar surface area (TPSA) is 141 Å². The van der Waals surface area contributed by atoms with Crippen LogP contribution in [-0.4, -0.2) is 57.0 Å². The number of imide groups is 1. The molecule has 1 fully saturated rings. The molecule has 3 amide bonds. The van der Waals surface area contributed by atoms with Gasteiger partial charge in [-0.1, -0.05) is 63.6 Å². The molecular weight excluding hydrogens is 582 g/mol. The van der Waals surface area contributed by atoms with Crippen molar-refractivity contribution in [1.29, 1.82) is 0 Å². The predicted molar refractivity (Wildman–Crippen MR) is 146 cm³/mol. The molecular formula is C27H20BrN7O5. The molecule has 0 bridgehead atoms. The Kier molecular flexibility index (Phi) is 6.42. The number of nitro benzene ring substituents is 1. The molecule has 0 spiro atoms. The maximum absolute atomic E-state index is 13.6. The van der Waals surface area contributed by atoms with Crippen molar-refractivity contribution >= 4 is 50.7 Å². The number of hydrogen-bond acceptors (Lipinski definition) is 9. The second-order valence-electron chi connectivity index (χ2n) is 9.40. The van der Waals surface area contributed by atoms with E-state index in [0.717, 1.165) is 26.2 Å². The third-order valence-electron chi connectivity index (χ3n) is 7.00. The number of carbonyl (C=O) groups is 3. The zero-order chi connectivity index (χ0) is 28.0. The van der Waals surface area contributed by atoms with Crippen LogP contribution >= 0.6 is 15.9 Å². The van der Waals surface area contributed by atoms with Crippen LogP contribution in [-0.2, 0) is 14.4 Å². The van der Waals surface area contributed by atoms with E-state index in [0.29, 0.717) is 6.42 Å². The van der Waals surface area contributed by atoms with Gasteiger partial charge >= 0.3 is 0 Å². The average Bonchev–Trinajstić information content (AvgIpc) is 3.65. The minimum absolute atomic E-state index is 0.170. The molecule has 0 saturated carbocycles. The lowest BCUT2D eigenvalue weighted by atomic mass is 9.98. The Morgan fingerprint density at radius 3 is 2.35 bits per heavy atom. The van der Waals surface area contributed by atoms with Gasteiger partial charge in [0, 0.05) is 23.0 Å². The molecule has 12 nitrogen and oxygen atoms in total. The maximum Gasteiger partial charge on any atom is 0.269 e. The minimum atomic E-state index is -1.11. The largest absolute Gasteiger partial charge is 0.271 e. The summed E-state index contributed by atoms with van der Waals surface area (Å²) < 4.78 is 0.926. The molecule has 3 atom stereocenters. The number of nitro groups is 1. The third kappa shape index (κ3) is 4.43. The summed E-state index contributed by atoms with van der Waals surface area (Å²) in [5.41, 5.74) is 2.55. The van der Waals surface area contributed by atoms with Crippen LogP contribution in [0.1, 0.15) is 23.6 Å². The van der Waals surface area contributed by atoms with E-state index in [-0.39, 0.29) is 24.0 Å². The van der Waals surface area contributed by atoms with Crippen LogP contribution in [0, 0.1) is 10.1 Å². The molecule has 0 radical (unpaired) electrons. The van der Waals surface area contributed by atoms with Gasteiger partial charge in [0.25, 0.3) is 23.4 Å². The highest BCUT2D eigenvalue weighted by molar-refractivity contribution is 9.10. The predicted octanol–water partition coefficient (Wildman–Crippen LogP) is 4.03. The zero-order valence-corrected chi connectivity index (χ0v) is 22.3. The first kappa shape index (κ1) is 25.5. The van der Waals surface area contributed by atoms with Crippen molar-refractivity contribution in [2.45, 2.75) is 24.5 Å². The number of benzene rings is 3. The Balaban J connectivity index is 1.24. The Hall–Kier alpha value is -4.78. The minimum Gasteiger partial charge on any atom is -0.271 e. The SMILES string of the molecule is O=C1[C@H]2N=NN(CC(=O)N3N=C(c4ccc(Br)cc4)C[C@H]3c3ccccc3)[C@H]2C(=O)N1c1ccc([N+](=O)[O-])cc1. The van der Waals surface area contributed by atoms with E-state index in [1.54, 1.807) is 0 Å². The molecule has 0 unspecified atom stereocenters. The number of halogens is 1. The molecule has 40 heavy (non-hydrogen) atoms. The summed E-state index contributed by atoms with van der Waals surface area (Å²) in [5.74, 6) is -1.63. The number of non-ortho nitro benzene ring substituents is 1. The van der Waals surface area contributed by atoms with E-state index in [2.05, 4.69) is 31.4 Å². The monoisotopic (exact) mass is 601 g/mol. The van der Waals surface area contributed by atoms with Gasteiger partial charge in [0.15, 0.2) is 12.1 Å². The fourth-order valence-corrected chi connectivity index (χ4v) is 5.30. The molecule has 13 heteroatoms. The van der Waals surface area contributed by atoms with Crippen molar-refractivity contribution in [3.8, 4) is 0 Å². The van der Waals surface area contributed by atoms with Crippen LogP contribution in [0.25, 0.3) is 0 Å². The Morgan fingerprint density at radius 1 is 0.975 bits per heavy atom. The highest BCUT2D eigenvalue weighted by atomic mass is 79.9. The van der Waals surface area contributed by atoms with Crippen molar-refractivity contribution in [2.24, 2.45) is 15.4 Å². The number of nitrogens with zero attached hydrogens (tertiary/aromatic N) is 7. The van der Waals surface area contributed by atoms with E-state index in [9.17, 15) is 24.5 Å². The second-order valence-corrected chi connectivity index (χ2v) is 10.3. The summed E-state index contributed by atoms with van der Waals surface area (Å²) in [6.07, 6.45) is 0.496. The van der Waals surface area contributed by atoms with Gasteiger partial charge in [-0.05, 0) is 35.4 Å². The van der Waals surface area contributed by atoms with Gasteiger partial charge in [-0.15, -0.1) is 0 Å². The molecule has 0 N–H and O–H groups in total. The Bertz CT molecular complexity index is 1580. The van der Waals surface area contributed by atoms with E-state index >= 15 is 0 Å².